The molecule has 0 heterocycles. The third-order valence-corrected chi connectivity index (χ3v) is 2.20. The summed E-state index contributed by atoms with van der Waals surface area (Å²) in [4.78, 5) is 11.5. The van der Waals surface area contributed by atoms with E-state index in [2.05, 4.69) is 22.7 Å². The van der Waals surface area contributed by atoms with Crippen LogP contribution in [0, 0.1) is 0 Å². The lowest BCUT2D eigenvalue weighted by molar-refractivity contribution is 0.104. The minimum Gasteiger partial charge on any atom is -0.289 e. The van der Waals surface area contributed by atoms with Crippen LogP contribution in [-0.2, 0) is 0 Å². The van der Waals surface area contributed by atoms with Crippen molar-refractivity contribution in [2.45, 2.75) is 0 Å². The summed E-state index contributed by atoms with van der Waals surface area (Å²) in [5.74, 6) is 0.00639. The number of hydrazone groups is 1. The SMILES string of the molecule is O=C1C=CC(=NNC=S)c2ccccc21. The molecule has 0 radical (unpaired) electrons. The van der Waals surface area contributed by atoms with Gasteiger partial charge in [-0.3, -0.25) is 10.2 Å². The number of ketones is 1. The minimum atomic E-state index is 0.00639. The predicted molar refractivity (Wildman–Crippen MR) is 63.2 cm³/mol. The summed E-state index contributed by atoms with van der Waals surface area (Å²) in [5.41, 5.74) is 6.12. The van der Waals surface area contributed by atoms with Gasteiger partial charge in [0.25, 0.3) is 0 Å². The molecule has 4 heteroatoms. The van der Waals surface area contributed by atoms with Crippen molar-refractivity contribution in [1.82, 2.24) is 5.43 Å². The number of hydrogen-bond donors (Lipinski definition) is 1. The van der Waals surface area contributed by atoms with Crippen LogP contribution >= 0.6 is 12.2 Å². The topological polar surface area (TPSA) is 41.5 Å². The Labute approximate surface area is 92.5 Å². The lowest BCUT2D eigenvalue weighted by Gasteiger charge is -2.10. The van der Waals surface area contributed by atoms with E-state index in [1.165, 1.54) is 11.6 Å². The normalized spacial score (nSPS) is 16.3. The van der Waals surface area contributed by atoms with Crippen molar-refractivity contribution in [3.63, 3.8) is 0 Å². The van der Waals surface area contributed by atoms with Gasteiger partial charge in [-0.05, 0) is 12.2 Å². The van der Waals surface area contributed by atoms with Crippen molar-refractivity contribution in [1.29, 1.82) is 0 Å². The Morgan fingerprint density at radius 2 is 1.93 bits per heavy atom. The maximum absolute atomic E-state index is 11.5. The van der Waals surface area contributed by atoms with Crippen molar-refractivity contribution in [3.05, 3.63) is 47.5 Å². The number of nitrogens with zero attached hydrogens (tertiary/aromatic N) is 1. The highest BCUT2D eigenvalue weighted by Crippen LogP contribution is 2.16. The zero-order valence-corrected chi connectivity index (χ0v) is 8.62. The molecule has 0 fully saturated rings. The zero-order chi connectivity index (χ0) is 10.7. The molecule has 15 heavy (non-hydrogen) atoms. The van der Waals surface area contributed by atoms with E-state index in [1.807, 2.05) is 18.2 Å². The van der Waals surface area contributed by atoms with E-state index in [4.69, 9.17) is 0 Å². The number of allylic oxidation sites excluding steroid dienone is 2. The Morgan fingerprint density at radius 1 is 1.20 bits per heavy atom. The maximum atomic E-state index is 11.5. The summed E-state index contributed by atoms with van der Waals surface area (Å²) in [5, 5.41) is 4.05. The highest BCUT2D eigenvalue weighted by atomic mass is 32.1. The number of fused-ring (bicyclic) bond motifs is 1. The Bertz CT molecular complexity index is 477. The van der Waals surface area contributed by atoms with Gasteiger partial charge in [-0.25, -0.2) is 0 Å². The van der Waals surface area contributed by atoms with Crippen LogP contribution in [0.4, 0.5) is 0 Å². The molecule has 74 valence electrons. The summed E-state index contributed by atoms with van der Waals surface area (Å²) in [6.45, 7) is 0. The summed E-state index contributed by atoms with van der Waals surface area (Å²) >= 11 is 4.61. The van der Waals surface area contributed by atoms with E-state index < -0.39 is 0 Å². The van der Waals surface area contributed by atoms with E-state index >= 15 is 0 Å². The number of carbonyl (C=O) groups is 1. The molecule has 0 spiro atoms. The van der Waals surface area contributed by atoms with E-state index in [1.54, 1.807) is 12.1 Å². The Kier molecular flexibility index (Phi) is 2.69. The van der Waals surface area contributed by atoms with Crippen molar-refractivity contribution >= 4 is 29.2 Å². The zero-order valence-electron chi connectivity index (χ0n) is 7.81. The molecule has 1 aromatic rings. The van der Waals surface area contributed by atoms with Crippen LogP contribution in [0.25, 0.3) is 0 Å². The van der Waals surface area contributed by atoms with E-state index in [0.717, 1.165) is 5.56 Å². The van der Waals surface area contributed by atoms with Gasteiger partial charge in [-0.2, -0.15) is 5.10 Å². The maximum Gasteiger partial charge on any atom is 0.186 e. The van der Waals surface area contributed by atoms with Crippen LogP contribution in [0.3, 0.4) is 0 Å². The highest BCUT2D eigenvalue weighted by Gasteiger charge is 2.16. The number of carbonyl (C=O) groups excluding carboxylic acids is 1. The smallest absolute Gasteiger partial charge is 0.186 e. The van der Waals surface area contributed by atoms with Gasteiger partial charge >= 0.3 is 0 Å². The number of benzene rings is 1. The van der Waals surface area contributed by atoms with Gasteiger partial charge in [-0.1, -0.05) is 36.5 Å². The standard InChI is InChI=1S/C11H8N2OS/c14-11-6-5-10(13-12-7-15)8-3-1-2-4-9(8)11/h1-7H,(H,12,15). The van der Waals surface area contributed by atoms with Crippen LogP contribution < -0.4 is 5.43 Å². The quantitative estimate of drug-likeness (QED) is 0.604. The van der Waals surface area contributed by atoms with Gasteiger partial charge in [0.15, 0.2) is 5.78 Å². The summed E-state index contributed by atoms with van der Waals surface area (Å²) in [6.07, 6.45) is 3.18. The summed E-state index contributed by atoms with van der Waals surface area (Å²) in [7, 11) is 0. The third-order valence-electron chi connectivity index (χ3n) is 2.10. The van der Waals surface area contributed by atoms with Crippen molar-refractivity contribution < 1.29 is 4.79 Å². The van der Waals surface area contributed by atoms with Gasteiger partial charge in [0.2, 0.25) is 0 Å². The van der Waals surface area contributed by atoms with Gasteiger partial charge in [0.05, 0.1) is 11.2 Å². The van der Waals surface area contributed by atoms with Crippen LogP contribution in [0.1, 0.15) is 15.9 Å². The monoisotopic (exact) mass is 216 g/mol. The lowest BCUT2D eigenvalue weighted by atomic mass is 9.94. The fourth-order valence-corrected chi connectivity index (χ4v) is 1.50. The Balaban J connectivity index is 2.50. The second-order valence-electron chi connectivity index (χ2n) is 2.99. The highest BCUT2D eigenvalue weighted by molar-refractivity contribution is 7.78. The first-order chi connectivity index (χ1) is 7.33. The van der Waals surface area contributed by atoms with Gasteiger partial charge in [0, 0.05) is 11.1 Å². The molecule has 3 nitrogen and oxygen atoms in total. The Hall–Kier alpha value is -1.81. The largest absolute Gasteiger partial charge is 0.289 e. The lowest BCUT2D eigenvalue weighted by Crippen LogP contribution is -2.15. The van der Waals surface area contributed by atoms with Gasteiger partial charge in [0.1, 0.15) is 0 Å². The summed E-state index contributed by atoms with van der Waals surface area (Å²) in [6, 6.07) is 7.35. The van der Waals surface area contributed by atoms with Crippen molar-refractivity contribution in [2.75, 3.05) is 0 Å². The Morgan fingerprint density at radius 3 is 2.67 bits per heavy atom. The second kappa shape index (κ2) is 4.14. The molecule has 0 aromatic heterocycles. The fraction of sp³-hybridized carbons (Fsp3) is 0. The average molecular weight is 216 g/mol. The molecule has 0 aliphatic heterocycles. The van der Waals surface area contributed by atoms with Crippen LogP contribution in [0.5, 0.6) is 0 Å². The molecule has 1 aromatic carbocycles. The molecular formula is C11H8N2OS. The minimum absolute atomic E-state index is 0.00639. The number of thiocarbonyl (C=S) groups is 1. The van der Waals surface area contributed by atoms with Crippen LogP contribution in [0.2, 0.25) is 0 Å². The number of rotatable bonds is 2. The molecule has 0 saturated carbocycles. The van der Waals surface area contributed by atoms with Crippen LogP contribution in [0.15, 0.2) is 41.5 Å². The molecule has 0 saturated heterocycles. The molecule has 0 atom stereocenters. The molecule has 0 amide bonds. The van der Waals surface area contributed by atoms with Crippen LogP contribution in [-0.4, -0.2) is 17.0 Å². The molecular weight excluding hydrogens is 208 g/mol. The van der Waals surface area contributed by atoms with E-state index in [0.29, 0.717) is 11.3 Å². The molecule has 0 bridgehead atoms. The molecule has 1 aliphatic rings. The number of nitrogens with one attached hydrogen (secondary N) is 1. The predicted octanol–water partition coefficient (Wildman–Crippen LogP) is 1.69. The second-order valence-corrected chi connectivity index (χ2v) is 3.22. The summed E-state index contributed by atoms with van der Waals surface area (Å²) < 4.78 is 0. The molecule has 2 rings (SSSR count). The van der Waals surface area contributed by atoms with E-state index in [-0.39, 0.29) is 5.78 Å². The fourth-order valence-electron chi connectivity index (χ4n) is 1.45. The van der Waals surface area contributed by atoms with Gasteiger partial charge < -0.3 is 0 Å². The third kappa shape index (κ3) is 1.85. The van der Waals surface area contributed by atoms with Crippen molar-refractivity contribution in [3.8, 4) is 0 Å². The van der Waals surface area contributed by atoms with Crippen molar-refractivity contribution in [2.24, 2.45) is 5.10 Å². The first-order valence-corrected chi connectivity index (χ1v) is 4.89. The molecule has 1 aliphatic carbocycles. The molecule has 1 N–H and O–H groups in total. The average Bonchev–Trinajstić information content (AvgIpc) is 2.29. The molecule has 0 unspecified atom stereocenters. The first-order valence-electron chi connectivity index (χ1n) is 4.41. The first kappa shape index (κ1) is 9.73. The number of hydrogen-bond acceptors (Lipinski definition) is 3. The van der Waals surface area contributed by atoms with Gasteiger partial charge in [-0.15, -0.1) is 0 Å². The van der Waals surface area contributed by atoms with E-state index in [9.17, 15) is 4.79 Å².